The van der Waals surface area contributed by atoms with E-state index in [-0.39, 0.29) is 22.5 Å². The summed E-state index contributed by atoms with van der Waals surface area (Å²) in [5.41, 5.74) is 0.788. The number of aromatic amines is 1. The van der Waals surface area contributed by atoms with Gasteiger partial charge in [-0.1, -0.05) is 11.6 Å². The van der Waals surface area contributed by atoms with Crippen molar-refractivity contribution in [2.45, 2.75) is 25.3 Å². The van der Waals surface area contributed by atoms with Crippen molar-refractivity contribution in [2.75, 3.05) is 26.0 Å². The molecule has 0 spiro atoms. The van der Waals surface area contributed by atoms with E-state index in [2.05, 4.69) is 26.4 Å². The molecule has 1 aromatic carbocycles. The molecule has 0 bridgehead atoms. The highest BCUT2D eigenvalue weighted by atomic mass is 35.5. The third kappa shape index (κ3) is 4.29. The smallest absolute Gasteiger partial charge is 0.261 e. The van der Waals surface area contributed by atoms with Gasteiger partial charge in [0.05, 0.1) is 28.6 Å². The average Bonchev–Trinajstić information content (AvgIpc) is 3.09. The highest BCUT2D eigenvalue weighted by molar-refractivity contribution is 6.30. The zero-order valence-electron chi connectivity index (χ0n) is 17.4. The van der Waals surface area contributed by atoms with E-state index in [1.54, 1.807) is 23.0 Å². The lowest BCUT2D eigenvalue weighted by molar-refractivity contribution is 0.183. The van der Waals surface area contributed by atoms with Gasteiger partial charge in [0.15, 0.2) is 5.82 Å². The summed E-state index contributed by atoms with van der Waals surface area (Å²) in [6, 6.07) is 8.44. The van der Waals surface area contributed by atoms with Crippen LogP contribution in [0, 0.1) is 29.0 Å². The van der Waals surface area contributed by atoms with E-state index >= 15 is 0 Å². The zero-order chi connectivity index (χ0) is 22.1. The van der Waals surface area contributed by atoms with E-state index in [0.717, 1.165) is 25.8 Å². The first-order valence-electron chi connectivity index (χ1n) is 10.2. The summed E-state index contributed by atoms with van der Waals surface area (Å²) >= 11 is 5.77. The molecular weight excluding hydrogens is 419 g/mol. The summed E-state index contributed by atoms with van der Waals surface area (Å²) < 4.78 is 15.7. The lowest BCUT2D eigenvalue weighted by atomic mass is 9.78. The Kier molecular flexibility index (Phi) is 5.99. The molecule has 1 aliphatic carbocycles. The number of halogens is 2. The van der Waals surface area contributed by atoms with Crippen LogP contribution in [-0.4, -0.2) is 40.3 Å². The number of rotatable bonds is 5. The van der Waals surface area contributed by atoms with Gasteiger partial charge in [-0.25, -0.2) is 4.39 Å². The maximum absolute atomic E-state index is 13.9. The van der Waals surface area contributed by atoms with Crippen LogP contribution in [0.15, 0.2) is 35.3 Å². The van der Waals surface area contributed by atoms with Gasteiger partial charge in [-0.15, -0.1) is 0 Å². The maximum Gasteiger partial charge on any atom is 0.261 e. The Morgan fingerprint density at radius 1 is 1.39 bits per heavy atom. The normalized spacial score (nSPS) is 21.4. The van der Waals surface area contributed by atoms with Crippen LogP contribution in [0.1, 0.15) is 25.3 Å². The monoisotopic (exact) mass is 442 g/mol. The Labute approximate surface area is 184 Å². The number of hydrogen-bond acceptors (Lipinski definition) is 5. The lowest BCUT2D eigenvalue weighted by Gasteiger charge is -2.34. The van der Waals surface area contributed by atoms with Crippen LogP contribution in [0.25, 0.3) is 10.9 Å². The minimum Gasteiger partial charge on any atom is -0.338 e. The molecule has 2 N–H and O–H groups in total. The van der Waals surface area contributed by atoms with Crippen molar-refractivity contribution < 1.29 is 4.39 Å². The quantitative estimate of drug-likeness (QED) is 0.614. The minimum absolute atomic E-state index is 0.0186. The summed E-state index contributed by atoms with van der Waals surface area (Å²) in [6.07, 6.45) is 4.15. The van der Waals surface area contributed by atoms with Gasteiger partial charge in [0, 0.05) is 18.4 Å². The Balaban J connectivity index is 1.72. The van der Waals surface area contributed by atoms with Gasteiger partial charge in [-0.05, 0) is 63.5 Å². The van der Waals surface area contributed by atoms with Crippen LogP contribution in [0.5, 0.6) is 0 Å². The number of benzene rings is 1. The summed E-state index contributed by atoms with van der Waals surface area (Å²) in [5.74, 6) is 0.0106. The van der Waals surface area contributed by atoms with Crippen molar-refractivity contribution in [1.29, 1.82) is 5.26 Å². The molecule has 0 aliphatic heterocycles. The summed E-state index contributed by atoms with van der Waals surface area (Å²) in [7, 11) is 4.08. The fourth-order valence-corrected chi connectivity index (χ4v) is 4.62. The van der Waals surface area contributed by atoms with Crippen LogP contribution in [0.3, 0.4) is 0 Å². The van der Waals surface area contributed by atoms with Crippen LogP contribution in [0.4, 0.5) is 15.9 Å². The molecule has 1 saturated carbocycles. The van der Waals surface area contributed by atoms with Gasteiger partial charge in [0.25, 0.3) is 5.56 Å². The van der Waals surface area contributed by atoms with Crippen molar-refractivity contribution >= 4 is 34.0 Å². The Morgan fingerprint density at radius 3 is 2.90 bits per heavy atom. The highest BCUT2D eigenvalue weighted by Crippen LogP contribution is 2.39. The number of nitriles is 1. The molecule has 0 amide bonds. The molecule has 0 unspecified atom stereocenters. The van der Waals surface area contributed by atoms with Crippen molar-refractivity contribution in [3.8, 4) is 6.07 Å². The first kappa shape index (κ1) is 21.3. The van der Waals surface area contributed by atoms with Crippen LogP contribution < -0.4 is 10.9 Å². The number of nitrogens with one attached hydrogen (secondary N) is 2. The van der Waals surface area contributed by atoms with Crippen LogP contribution in [-0.2, 0) is 0 Å². The van der Waals surface area contributed by atoms with Crippen molar-refractivity contribution in [2.24, 2.45) is 11.8 Å². The Morgan fingerprint density at radius 2 is 2.19 bits per heavy atom. The molecule has 2 heterocycles. The number of aromatic nitrogens is 3. The molecule has 7 nitrogen and oxygen atoms in total. The first-order valence-corrected chi connectivity index (χ1v) is 10.6. The summed E-state index contributed by atoms with van der Waals surface area (Å²) in [4.78, 5) is 17.4. The number of hydrogen-bond donors (Lipinski definition) is 2. The summed E-state index contributed by atoms with van der Waals surface area (Å²) in [5, 5.41) is 18.0. The van der Waals surface area contributed by atoms with Gasteiger partial charge in [-0.3, -0.25) is 9.48 Å². The molecule has 31 heavy (non-hydrogen) atoms. The molecule has 4 rings (SSSR count). The molecule has 1 aliphatic rings. The topological polar surface area (TPSA) is 89.7 Å². The standard InChI is InChI=1S/C22H24ClFN6O/c1-29(2)12-13-3-6-18(14(9-13)11-25)30-19-7-8-26-22(31)20(19)21(28-30)27-15-4-5-16(23)17(24)10-15/h4-5,7-8,10,13-14,18H,3,6,9,12H2,1-2H3,(H,26,31)(H,27,28)/t13-,14-,18+/m1/s1. The van der Waals surface area contributed by atoms with Crippen LogP contribution in [0.2, 0.25) is 5.02 Å². The Hall–Kier alpha value is -2.89. The molecule has 3 atom stereocenters. The number of anilines is 2. The van der Waals surface area contributed by atoms with Crippen molar-refractivity contribution in [3.05, 3.63) is 51.7 Å². The fourth-order valence-electron chi connectivity index (χ4n) is 4.51. The number of H-pyrrole nitrogens is 1. The molecule has 2 aromatic heterocycles. The molecule has 1 fully saturated rings. The highest BCUT2D eigenvalue weighted by Gasteiger charge is 2.34. The van der Waals surface area contributed by atoms with E-state index < -0.39 is 5.82 Å². The second-order valence-electron chi connectivity index (χ2n) is 8.36. The SMILES string of the molecule is CN(C)C[C@@H]1CC[C@H](n2nc(Nc3ccc(Cl)c(F)c3)c3c(=O)[nH]ccc32)[C@@H](C#N)C1. The van der Waals surface area contributed by atoms with Gasteiger partial charge < -0.3 is 15.2 Å². The predicted molar refractivity (Wildman–Crippen MR) is 119 cm³/mol. The molecule has 0 saturated heterocycles. The molecule has 9 heteroatoms. The Bertz CT molecular complexity index is 1200. The van der Waals surface area contributed by atoms with E-state index in [0.29, 0.717) is 28.3 Å². The molecular formula is C22H24ClFN6O. The number of pyridine rings is 1. The largest absolute Gasteiger partial charge is 0.338 e. The fraction of sp³-hybridized carbons (Fsp3) is 0.409. The first-order chi connectivity index (χ1) is 14.9. The third-order valence-corrected chi connectivity index (χ3v) is 6.14. The second kappa shape index (κ2) is 8.69. The second-order valence-corrected chi connectivity index (χ2v) is 8.77. The van der Waals surface area contributed by atoms with E-state index in [4.69, 9.17) is 11.6 Å². The predicted octanol–water partition coefficient (Wildman–Crippen LogP) is 4.30. The van der Waals surface area contributed by atoms with Gasteiger partial charge in [0.1, 0.15) is 11.2 Å². The lowest BCUT2D eigenvalue weighted by Crippen LogP contribution is -2.32. The van der Waals surface area contributed by atoms with Gasteiger partial charge >= 0.3 is 0 Å². The molecule has 3 aromatic rings. The van der Waals surface area contributed by atoms with E-state index in [9.17, 15) is 14.4 Å². The van der Waals surface area contributed by atoms with Crippen molar-refractivity contribution in [3.63, 3.8) is 0 Å². The number of fused-ring (bicyclic) bond motifs is 1. The van der Waals surface area contributed by atoms with Gasteiger partial charge in [-0.2, -0.15) is 10.4 Å². The van der Waals surface area contributed by atoms with Gasteiger partial charge in [0.2, 0.25) is 0 Å². The molecule has 0 radical (unpaired) electrons. The molecule has 162 valence electrons. The average molecular weight is 443 g/mol. The maximum atomic E-state index is 13.9. The number of nitrogens with zero attached hydrogens (tertiary/aromatic N) is 4. The van der Waals surface area contributed by atoms with Crippen molar-refractivity contribution in [1.82, 2.24) is 19.7 Å². The summed E-state index contributed by atoms with van der Waals surface area (Å²) in [6.45, 7) is 0.944. The zero-order valence-corrected chi connectivity index (χ0v) is 18.2. The van der Waals surface area contributed by atoms with Crippen LogP contribution >= 0.6 is 11.6 Å². The minimum atomic E-state index is -0.562. The third-order valence-electron chi connectivity index (χ3n) is 5.84. The van der Waals surface area contributed by atoms with E-state index in [1.165, 1.54) is 12.1 Å². The van der Waals surface area contributed by atoms with E-state index in [1.807, 2.05) is 14.1 Å².